The number of amides is 1. The molecule has 178 valence electrons. The van der Waals surface area contributed by atoms with E-state index in [4.69, 9.17) is 9.47 Å². The van der Waals surface area contributed by atoms with Crippen molar-refractivity contribution in [3.8, 4) is 11.5 Å². The van der Waals surface area contributed by atoms with Crippen molar-refractivity contribution >= 4 is 23.7 Å². The highest BCUT2D eigenvalue weighted by atomic mass is 32.2. The highest BCUT2D eigenvalue weighted by Crippen LogP contribution is 2.36. The predicted molar refractivity (Wildman–Crippen MR) is 131 cm³/mol. The number of aryl methyl sites for hydroxylation is 1. The summed E-state index contributed by atoms with van der Waals surface area (Å²) in [6, 6.07) is 4.52. The molecule has 1 fully saturated rings. The standard InChI is InChI=1S/C25H34N4O3S/c1-4-31-21-16-19-14-17(2)32-22(19)15-18(21)11-12-24(30)26-13-7-10-23-27-28-25(33-3)29(23)20-8-5-6-9-20/h11-12,15-17,20H,4-10,13-14H2,1-3H3,(H,26,30)/b12-11+. The van der Waals surface area contributed by atoms with Gasteiger partial charge in [0.15, 0.2) is 5.16 Å². The lowest BCUT2D eigenvalue weighted by Crippen LogP contribution is -2.23. The summed E-state index contributed by atoms with van der Waals surface area (Å²) in [5.74, 6) is 2.58. The number of thioether (sulfide) groups is 1. The van der Waals surface area contributed by atoms with Crippen LogP contribution in [0.1, 0.15) is 68.9 Å². The van der Waals surface area contributed by atoms with Gasteiger partial charge in [0.1, 0.15) is 23.4 Å². The number of fused-ring (bicyclic) bond motifs is 1. The minimum atomic E-state index is -0.116. The lowest BCUT2D eigenvalue weighted by Gasteiger charge is -2.16. The average molecular weight is 471 g/mol. The number of ether oxygens (including phenoxy) is 2. The summed E-state index contributed by atoms with van der Waals surface area (Å²) in [5, 5.41) is 12.8. The molecule has 1 amide bonds. The van der Waals surface area contributed by atoms with Crippen molar-refractivity contribution in [3.63, 3.8) is 0 Å². The summed E-state index contributed by atoms with van der Waals surface area (Å²) in [5.41, 5.74) is 2.01. The number of nitrogens with one attached hydrogen (secondary N) is 1. The molecule has 1 aromatic heterocycles. The first-order valence-corrected chi connectivity index (χ1v) is 13.2. The van der Waals surface area contributed by atoms with Crippen molar-refractivity contribution in [2.24, 2.45) is 0 Å². The smallest absolute Gasteiger partial charge is 0.244 e. The van der Waals surface area contributed by atoms with Gasteiger partial charge in [-0.05, 0) is 57.6 Å². The van der Waals surface area contributed by atoms with Crippen LogP contribution < -0.4 is 14.8 Å². The summed E-state index contributed by atoms with van der Waals surface area (Å²) in [7, 11) is 0. The second-order valence-corrected chi connectivity index (χ2v) is 9.48. The SMILES string of the molecule is CCOc1cc2c(cc1/C=C/C(=O)NCCCc1nnc(SC)n1C1CCCC1)OC(C)C2. The second-order valence-electron chi connectivity index (χ2n) is 8.70. The zero-order valence-corrected chi connectivity index (χ0v) is 20.6. The van der Waals surface area contributed by atoms with E-state index in [9.17, 15) is 4.79 Å². The molecule has 33 heavy (non-hydrogen) atoms. The van der Waals surface area contributed by atoms with Crippen molar-refractivity contribution in [2.45, 2.75) is 76.1 Å². The van der Waals surface area contributed by atoms with E-state index in [1.807, 2.05) is 19.1 Å². The molecule has 2 heterocycles. The molecule has 1 N–H and O–H groups in total. The van der Waals surface area contributed by atoms with Gasteiger partial charge in [0.25, 0.3) is 0 Å². The Kier molecular flexibility index (Phi) is 7.96. The molecule has 0 spiro atoms. The van der Waals surface area contributed by atoms with Gasteiger partial charge in [0.2, 0.25) is 5.91 Å². The average Bonchev–Trinajstić information content (AvgIpc) is 3.53. The number of hydrogen-bond acceptors (Lipinski definition) is 6. The topological polar surface area (TPSA) is 78.3 Å². The zero-order valence-electron chi connectivity index (χ0n) is 19.8. The van der Waals surface area contributed by atoms with Gasteiger partial charge >= 0.3 is 0 Å². The Labute approximate surface area is 200 Å². The number of nitrogens with zero attached hydrogens (tertiary/aromatic N) is 3. The van der Waals surface area contributed by atoms with Crippen LogP contribution >= 0.6 is 11.8 Å². The molecule has 2 aromatic rings. The first-order chi connectivity index (χ1) is 16.1. The van der Waals surface area contributed by atoms with Crippen LogP contribution in [0.4, 0.5) is 0 Å². The molecule has 0 radical (unpaired) electrons. The van der Waals surface area contributed by atoms with Crippen molar-refractivity contribution < 1.29 is 14.3 Å². The first-order valence-electron chi connectivity index (χ1n) is 12.0. The van der Waals surface area contributed by atoms with Crippen molar-refractivity contribution in [1.29, 1.82) is 0 Å². The van der Waals surface area contributed by atoms with Gasteiger partial charge in [-0.2, -0.15) is 0 Å². The molecule has 0 bridgehead atoms. The van der Waals surface area contributed by atoms with Gasteiger partial charge in [-0.1, -0.05) is 24.6 Å². The van der Waals surface area contributed by atoms with E-state index in [1.165, 1.54) is 25.7 Å². The van der Waals surface area contributed by atoms with Gasteiger partial charge in [0, 0.05) is 42.6 Å². The highest BCUT2D eigenvalue weighted by molar-refractivity contribution is 7.98. The third-order valence-corrected chi connectivity index (χ3v) is 6.87. The molecule has 2 aliphatic rings. The minimum Gasteiger partial charge on any atom is -0.493 e. The highest BCUT2D eigenvalue weighted by Gasteiger charge is 2.23. The fraction of sp³-hybridized carbons (Fsp3) is 0.560. The Balaban J connectivity index is 1.31. The van der Waals surface area contributed by atoms with Crippen molar-refractivity contribution in [3.05, 3.63) is 35.2 Å². The monoisotopic (exact) mass is 470 g/mol. The maximum absolute atomic E-state index is 12.4. The van der Waals surface area contributed by atoms with Crippen LogP contribution in [-0.4, -0.2) is 46.2 Å². The molecule has 1 aliphatic carbocycles. The van der Waals surface area contributed by atoms with Gasteiger partial charge in [-0.15, -0.1) is 10.2 Å². The molecular weight excluding hydrogens is 436 g/mol. The van der Waals surface area contributed by atoms with Gasteiger partial charge in [0.05, 0.1) is 6.61 Å². The molecular formula is C25H34N4O3S. The predicted octanol–water partition coefficient (Wildman–Crippen LogP) is 4.60. The number of carbonyl (C=O) groups excluding carboxylic acids is 1. The fourth-order valence-corrected chi connectivity index (χ4v) is 5.27. The lowest BCUT2D eigenvalue weighted by atomic mass is 10.1. The largest absolute Gasteiger partial charge is 0.493 e. The van der Waals surface area contributed by atoms with E-state index in [-0.39, 0.29) is 12.0 Å². The van der Waals surface area contributed by atoms with Crippen LogP contribution in [0.5, 0.6) is 11.5 Å². The third kappa shape index (κ3) is 5.72. The molecule has 1 unspecified atom stereocenters. The quantitative estimate of drug-likeness (QED) is 0.311. The van der Waals surface area contributed by atoms with E-state index in [1.54, 1.807) is 23.9 Å². The van der Waals surface area contributed by atoms with Gasteiger partial charge in [-0.25, -0.2) is 0 Å². The minimum absolute atomic E-state index is 0.116. The Morgan fingerprint density at radius 2 is 2.15 bits per heavy atom. The van der Waals surface area contributed by atoms with Gasteiger partial charge in [-0.3, -0.25) is 4.79 Å². The van der Waals surface area contributed by atoms with Crippen molar-refractivity contribution in [2.75, 3.05) is 19.4 Å². The van der Waals surface area contributed by atoms with Crippen LogP contribution in [0, 0.1) is 0 Å². The summed E-state index contributed by atoms with van der Waals surface area (Å²) in [4.78, 5) is 12.4. The van der Waals surface area contributed by atoms with Crippen LogP contribution in [0.3, 0.4) is 0 Å². The van der Waals surface area contributed by atoms with E-state index in [0.717, 1.165) is 52.9 Å². The van der Waals surface area contributed by atoms with E-state index in [0.29, 0.717) is 19.2 Å². The summed E-state index contributed by atoms with van der Waals surface area (Å²) < 4.78 is 14.0. The van der Waals surface area contributed by atoms with Crippen LogP contribution in [-0.2, 0) is 17.6 Å². The van der Waals surface area contributed by atoms with E-state index >= 15 is 0 Å². The summed E-state index contributed by atoms with van der Waals surface area (Å²) >= 11 is 1.65. The number of carbonyl (C=O) groups is 1. The third-order valence-electron chi connectivity index (χ3n) is 6.23. The molecule has 8 heteroatoms. The van der Waals surface area contributed by atoms with E-state index in [2.05, 4.69) is 33.3 Å². The molecule has 4 rings (SSSR count). The van der Waals surface area contributed by atoms with Crippen LogP contribution in [0.25, 0.3) is 6.08 Å². The van der Waals surface area contributed by atoms with E-state index < -0.39 is 0 Å². The maximum Gasteiger partial charge on any atom is 0.244 e. The molecule has 0 saturated heterocycles. The van der Waals surface area contributed by atoms with Gasteiger partial charge < -0.3 is 19.4 Å². The Hall–Kier alpha value is -2.48. The molecule has 1 saturated carbocycles. The molecule has 1 atom stereocenters. The number of hydrogen-bond donors (Lipinski definition) is 1. The first kappa shape index (κ1) is 23.7. The summed E-state index contributed by atoms with van der Waals surface area (Å²) in [6.07, 6.45) is 13.1. The molecule has 1 aromatic carbocycles. The Morgan fingerprint density at radius 1 is 1.33 bits per heavy atom. The fourth-order valence-electron chi connectivity index (χ4n) is 4.69. The number of aromatic nitrogens is 3. The second kappa shape index (κ2) is 11.1. The normalized spacial score (nSPS) is 18.0. The number of benzene rings is 1. The molecule has 7 nitrogen and oxygen atoms in total. The van der Waals surface area contributed by atoms with Crippen LogP contribution in [0.15, 0.2) is 23.4 Å². The maximum atomic E-state index is 12.4. The number of rotatable bonds is 10. The Morgan fingerprint density at radius 3 is 2.91 bits per heavy atom. The molecule has 1 aliphatic heterocycles. The summed E-state index contributed by atoms with van der Waals surface area (Å²) in [6.45, 7) is 5.19. The van der Waals surface area contributed by atoms with Crippen LogP contribution in [0.2, 0.25) is 0 Å². The zero-order chi connectivity index (χ0) is 23.2. The van der Waals surface area contributed by atoms with Crippen molar-refractivity contribution in [1.82, 2.24) is 20.1 Å². The lowest BCUT2D eigenvalue weighted by molar-refractivity contribution is -0.116. The Bertz CT molecular complexity index is 998.